The maximum atomic E-state index is 5.31. The summed E-state index contributed by atoms with van der Waals surface area (Å²) >= 11 is 0. The number of hydrogen-bond donors (Lipinski definition) is 1. The molecule has 0 aliphatic carbocycles. The monoisotopic (exact) mass is 253 g/mol. The van der Waals surface area contributed by atoms with E-state index in [-0.39, 0.29) is 0 Å². The summed E-state index contributed by atoms with van der Waals surface area (Å²) in [4.78, 5) is 8.29. The fraction of sp³-hybridized carbons (Fsp3) is 0.692. The van der Waals surface area contributed by atoms with Crippen LogP contribution in [0, 0.1) is 5.92 Å². The minimum Gasteiger partial charge on any atom is -0.480 e. The van der Waals surface area contributed by atoms with Gasteiger partial charge in [0.05, 0.1) is 19.5 Å². The number of nitrogens with zero attached hydrogens (tertiary/aromatic N) is 2. The second kappa shape index (κ2) is 8.69. The molecule has 0 spiro atoms. The Hall–Kier alpha value is -1.36. The molecular formula is C13H23N3O2. The maximum Gasteiger partial charge on any atom is 0.233 e. The molecule has 0 unspecified atom stereocenters. The predicted octanol–water partition coefficient (Wildman–Crippen LogP) is 2.35. The van der Waals surface area contributed by atoms with E-state index in [1.54, 1.807) is 19.5 Å². The molecule has 1 saturated heterocycles. The van der Waals surface area contributed by atoms with Gasteiger partial charge in [-0.05, 0) is 18.8 Å². The zero-order chi connectivity index (χ0) is 13.2. The van der Waals surface area contributed by atoms with Crippen molar-refractivity contribution in [3.05, 3.63) is 12.4 Å². The largest absolute Gasteiger partial charge is 0.480 e. The molecule has 5 heteroatoms. The van der Waals surface area contributed by atoms with Crippen LogP contribution in [0.5, 0.6) is 5.88 Å². The van der Waals surface area contributed by atoms with Crippen LogP contribution < -0.4 is 10.1 Å². The molecule has 2 rings (SSSR count). The molecular weight excluding hydrogens is 230 g/mol. The third-order valence-electron chi connectivity index (χ3n) is 2.73. The van der Waals surface area contributed by atoms with Crippen LogP contribution >= 0.6 is 0 Å². The van der Waals surface area contributed by atoms with E-state index in [0.29, 0.717) is 11.8 Å². The van der Waals surface area contributed by atoms with Crippen LogP contribution in [-0.4, -0.2) is 36.8 Å². The molecule has 2 heterocycles. The highest BCUT2D eigenvalue weighted by atomic mass is 16.5. The lowest BCUT2D eigenvalue weighted by Gasteiger charge is -2.22. The predicted molar refractivity (Wildman–Crippen MR) is 72.0 cm³/mol. The Morgan fingerprint density at radius 1 is 1.33 bits per heavy atom. The highest BCUT2D eigenvalue weighted by Crippen LogP contribution is 2.15. The summed E-state index contributed by atoms with van der Waals surface area (Å²) in [6.45, 7) is 6.66. The number of hydrogen-bond acceptors (Lipinski definition) is 5. The SMILES string of the molecule is CC.COc1cncc(NCC2CCOCC2)n1. The smallest absolute Gasteiger partial charge is 0.233 e. The van der Waals surface area contributed by atoms with Crippen LogP contribution in [0.15, 0.2) is 12.4 Å². The Bertz CT molecular complexity index is 328. The molecule has 0 bridgehead atoms. The number of anilines is 1. The quantitative estimate of drug-likeness (QED) is 0.892. The van der Waals surface area contributed by atoms with Gasteiger partial charge in [0.1, 0.15) is 5.82 Å². The van der Waals surface area contributed by atoms with Crippen molar-refractivity contribution in [2.24, 2.45) is 5.92 Å². The number of rotatable bonds is 4. The number of aromatic nitrogens is 2. The van der Waals surface area contributed by atoms with Gasteiger partial charge in [-0.25, -0.2) is 0 Å². The third kappa shape index (κ3) is 4.87. The highest BCUT2D eigenvalue weighted by Gasteiger charge is 2.13. The first-order valence-electron chi connectivity index (χ1n) is 6.56. The molecule has 0 saturated carbocycles. The fourth-order valence-electron chi connectivity index (χ4n) is 1.73. The van der Waals surface area contributed by atoms with E-state index in [4.69, 9.17) is 9.47 Å². The maximum absolute atomic E-state index is 5.31. The van der Waals surface area contributed by atoms with Crippen molar-refractivity contribution >= 4 is 5.82 Å². The first-order chi connectivity index (χ1) is 8.88. The van der Waals surface area contributed by atoms with Crippen molar-refractivity contribution in [1.82, 2.24) is 9.97 Å². The summed E-state index contributed by atoms with van der Waals surface area (Å²) in [5.41, 5.74) is 0. The second-order valence-electron chi connectivity index (χ2n) is 3.88. The molecule has 0 radical (unpaired) electrons. The number of nitrogens with one attached hydrogen (secondary N) is 1. The molecule has 18 heavy (non-hydrogen) atoms. The van der Waals surface area contributed by atoms with Gasteiger partial charge in [-0.3, -0.25) is 4.98 Å². The van der Waals surface area contributed by atoms with Gasteiger partial charge in [-0.1, -0.05) is 13.8 Å². The lowest BCUT2D eigenvalue weighted by atomic mass is 10.0. The first kappa shape index (κ1) is 14.7. The van der Waals surface area contributed by atoms with Crippen LogP contribution in [0.2, 0.25) is 0 Å². The molecule has 1 aromatic rings. The van der Waals surface area contributed by atoms with Crippen LogP contribution in [0.3, 0.4) is 0 Å². The Kier molecular flexibility index (Phi) is 7.10. The number of ether oxygens (including phenoxy) is 2. The molecule has 1 aliphatic rings. The van der Waals surface area contributed by atoms with E-state index in [1.807, 2.05) is 13.8 Å². The van der Waals surface area contributed by atoms with Gasteiger partial charge in [0.15, 0.2) is 0 Å². The van der Waals surface area contributed by atoms with Gasteiger partial charge in [-0.15, -0.1) is 0 Å². The summed E-state index contributed by atoms with van der Waals surface area (Å²) in [7, 11) is 1.59. The first-order valence-corrected chi connectivity index (χ1v) is 6.56. The Morgan fingerprint density at radius 2 is 2.06 bits per heavy atom. The zero-order valence-corrected chi connectivity index (χ0v) is 11.5. The van der Waals surface area contributed by atoms with Gasteiger partial charge in [-0.2, -0.15) is 4.98 Å². The van der Waals surface area contributed by atoms with Crippen molar-refractivity contribution in [2.75, 3.05) is 32.2 Å². The van der Waals surface area contributed by atoms with E-state index in [2.05, 4.69) is 15.3 Å². The van der Waals surface area contributed by atoms with Gasteiger partial charge in [0.25, 0.3) is 0 Å². The molecule has 1 fully saturated rings. The number of methoxy groups -OCH3 is 1. The zero-order valence-electron chi connectivity index (χ0n) is 11.5. The molecule has 0 aromatic carbocycles. The second-order valence-corrected chi connectivity index (χ2v) is 3.88. The topological polar surface area (TPSA) is 56.3 Å². The standard InChI is InChI=1S/C11H17N3O2.C2H6/c1-15-11-8-12-7-10(14-11)13-6-9-2-4-16-5-3-9;1-2/h7-9H,2-6H2,1H3,(H,13,14);1-2H3. The van der Waals surface area contributed by atoms with Crippen molar-refractivity contribution in [3.63, 3.8) is 0 Å². The molecule has 102 valence electrons. The van der Waals surface area contributed by atoms with Crippen molar-refractivity contribution in [3.8, 4) is 5.88 Å². The lowest BCUT2D eigenvalue weighted by Crippen LogP contribution is -2.23. The highest BCUT2D eigenvalue weighted by molar-refractivity contribution is 5.33. The van der Waals surface area contributed by atoms with Crippen LogP contribution in [0.4, 0.5) is 5.82 Å². The van der Waals surface area contributed by atoms with E-state index < -0.39 is 0 Å². The van der Waals surface area contributed by atoms with Crippen LogP contribution in [0.1, 0.15) is 26.7 Å². The van der Waals surface area contributed by atoms with E-state index >= 15 is 0 Å². The average Bonchev–Trinajstić information content (AvgIpc) is 2.48. The van der Waals surface area contributed by atoms with Gasteiger partial charge < -0.3 is 14.8 Å². The summed E-state index contributed by atoms with van der Waals surface area (Å²) < 4.78 is 10.3. The molecule has 0 atom stereocenters. The molecule has 1 N–H and O–H groups in total. The molecule has 0 amide bonds. The van der Waals surface area contributed by atoms with Crippen LogP contribution in [-0.2, 0) is 4.74 Å². The van der Waals surface area contributed by atoms with E-state index in [0.717, 1.165) is 38.4 Å². The summed E-state index contributed by atoms with van der Waals surface area (Å²) in [6, 6.07) is 0. The average molecular weight is 253 g/mol. The van der Waals surface area contributed by atoms with Crippen molar-refractivity contribution in [1.29, 1.82) is 0 Å². The summed E-state index contributed by atoms with van der Waals surface area (Å²) in [5.74, 6) is 1.98. The Labute approximate surface area is 109 Å². The third-order valence-corrected chi connectivity index (χ3v) is 2.73. The molecule has 5 nitrogen and oxygen atoms in total. The fourth-order valence-corrected chi connectivity index (χ4v) is 1.73. The summed E-state index contributed by atoms with van der Waals surface area (Å²) in [6.07, 6.45) is 5.54. The minimum absolute atomic E-state index is 0.539. The van der Waals surface area contributed by atoms with Gasteiger partial charge in [0.2, 0.25) is 5.88 Å². The summed E-state index contributed by atoms with van der Waals surface area (Å²) in [5, 5.41) is 3.28. The minimum atomic E-state index is 0.539. The van der Waals surface area contributed by atoms with Crippen molar-refractivity contribution in [2.45, 2.75) is 26.7 Å². The Morgan fingerprint density at radius 3 is 2.72 bits per heavy atom. The Balaban J connectivity index is 0.000000771. The van der Waals surface area contributed by atoms with Gasteiger partial charge >= 0.3 is 0 Å². The molecule has 1 aromatic heterocycles. The lowest BCUT2D eigenvalue weighted by molar-refractivity contribution is 0.0699. The molecule has 1 aliphatic heterocycles. The van der Waals surface area contributed by atoms with E-state index in [1.165, 1.54) is 0 Å². The van der Waals surface area contributed by atoms with Crippen LogP contribution in [0.25, 0.3) is 0 Å². The van der Waals surface area contributed by atoms with E-state index in [9.17, 15) is 0 Å². The van der Waals surface area contributed by atoms with Gasteiger partial charge in [0, 0.05) is 19.8 Å². The normalized spacial score (nSPS) is 15.5. The van der Waals surface area contributed by atoms with Crippen molar-refractivity contribution < 1.29 is 9.47 Å².